The normalized spacial score (nSPS) is 14.4. The third-order valence-electron chi connectivity index (χ3n) is 2.46. The minimum Gasteiger partial charge on any atom is -0.465 e. The highest BCUT2D eigenvalue weighted by atomic mass is 79.9. The van der Waals surface area contributed by atoms with E-state index in [1.165, 1.54) is 0 Å². The van der Waals surface area contributed by atoms with Crippen LogP contribution in [0.2, 0.25) is 0 Å². The molecular weight excluding hydrogens is 302 g/mol. The Morgan fingerprint density at radius 2 is 2.29 bits per heavy atom. The maximum Gasteiger partial charge on any atom is 0.328 e. The number of nitrogens with one attached hydrogen (secondary N) is 1. The molecule has 96 valence electrons. The van der Waals surface area contributed by atoms with Gasteiger partial charge in [-0.15, -0.1) is 11.3 Å². The predicted molar refractivity (Wildman–Crippen MR) is 74.3 cm³/mol. The largest absolute Gasteiger partial charge is 0.465 e. The molecule has 1 aromatic heterocycles. The van der Waals surface area contributed by atoms with Crippen molar-refractivity contribution in [3.05, 3.63) is 20.8 Å². The van der Waals surface area contributed by atoms with Crippen molar-refractivity contribution in [1.29, 1.82) is 0 Å². The van der Waals surface area contributed by atoms with Crippen LogP contribution in [-0.4, -0.2) is 18.6 Å². The zero-order chi connectivity index (χ0) is 12.8. The summed E-state index contributed by atoms with van der Waals surface area (Å²) in [5.74, 6) is -0.206. The third kappa shape index (κ3) is 4.41. The van der Waals surface area contributed by atoms with Crippen molar-refractivity contribution in [3.63, 3.8) is 0 Å². The molecule has 0 radical (unpaired) electrons. The number of rotatable bonds is 6. The summed E-state index contributed by atoms with van der Waals surface area (Å²) in [4.78, 5) is 12.9. The standard InChI is InChI=1S/C12H18BrNO2S/c1-4-8(3)14-11(12(15)16-5-2)10-6-9(13)7-17-10/h6-8,11,14H,4-5H2,1-3H3. The van der Waals surface area contributed by atoms with E-state index < -0.39 is 0 Å². The molecule has 0 aromatic carbocycles. The van der Waals surface area contributed by atoms with Crippen LogP contribution in [0.3, 0.4) is 0 Å². The van der Waals surface area contributed by atoms with Gasteiger partial charge in [-0.1, -0.05) is 6.92 Å². The molecule has 0 aliphatic heterocycles. The van der Waals surface area contributed by atoms with Crippen molar-refractivity contribution in [1.82, 2.24) is 5.32 Å². The van der Waals surface area contributed by atoms with Gasteiger partial charge in [0, 0.05) is 20.8 Å². The Labute approximate surface area is 115 Å². The molecule has 0 amide bonds. The Bertz CT molecular complexity index is 367. The molecule has 0 aliphatic carbocycles. The van der Waals surface area contributed by atoms with E-state index in [1.54, 1.807) is 11.3 Å². The van der Waals surface area contributed by atoms with Crippen LogP contribution in [0.4, 0.5) is 0 Å². The molecule has 0 spiro atoms. The minimum atomic E-state index is -0.360. The Balaban J connectivity index is 2.82. The smallest absolute Gasteiger partial charge is 0.328 e. The summed E-state index contributed by atoms with van der Waals surface area (Å²) in [5.41, 5.74) is 0. The van der Waals surface area contributed by atoms with E-state index in [1.807, 2.05) is 18.4 Å². The zero-order valence-electron chi connectivity index (χ0n) is 10.3. The van der Waals surface area contributed by atoms with Crippen molar-refractivity contribution in [3.8, 4) is 0 Å². The van der Waals surface area contributed by atoms with Gasteiger partial charge in [-0.2, -0.15) is 0 Å². The Morgan fingerprint density at radius 3 is 2.76 bits per heavy atom. The van der Waals surface area contributed by atoms with Crippen LogP contribution in [-0.2, 0) is 9.53 Å². The summed E-state index contributed by atoms with van der Waals surface area (Å²) in [5, 5.41) is 5.27. The van der Waals surface area contributed by atoms with Crippen molar-refractivity contribution >= 4 is 33.2 Å². The molecule has 5 heteroatoms. The molecule has 1 rings (SSSR count). The van der Waals surface area contributed by atoms with Gasteiger partial charge >= 0.3 is 5.97 Å². The third-order valence-corrected chi connectivity index (χ3v) is 4.22. The van der Waals surface area contributed by atoms with Crippen molar-refractivity contribution < 1.29 is 9.53 Å². The summed E-state index contributed by atoms with van der Waals surface area (Å²) in [6.07, 6.45) is 0.975. The average molecular weight is 320 g/mol. The first kappa shape index (κ1) is 14.7. The van der Waals surface area contributed by atoms with E-state index in [-0.39, 0.29) is 18.1 Å². The quantitative estimate of drug-likeness (QED) is 0.815. The lowest BCUT2D eigenvalue weighted by Gasteiger charge is -2.20. The van der Waals surface area contributed by atoms with Crippen LogP contribution in [0.1, 0.15) is 38.1 Å². The molecule has 1 aromatic rings. The van der Waals surface area contributed by atoms with Gasteiger partial charge in [-0.05, 0) is 42.3 Å². The number of hydrogen-bond donors (Lipinski definition) is 1. The van der Waals surface area contributed by atoms with Gasteiger partial charge in [0.15, 0.2) is 0 Å². The van der Waals surface area contributed by atoms with E-state index in [9.17, 15) is 4.79 Å². The summed E-state index contributed by atoms with van der Waals surface area (Å²) in [6, 6.07) is 1.88. The fourth-order valence-corrected chi connectivity index (χ4v) is 2.86. The minimum absolute atomic E-state index is 0.206. The molecule has 0 saturated heterocycles. The zero-order valence-corrected chi connectivity index (χ0v) is 12.7. The van der Waals surface area contributed by atoms with Crippen LogP contribution in [0.25, 0.3) is 0 Å². The number of halogens is 1. The number of hydrogen-bond acceptors (Lipinski definition) is 4. The van der Waals surface area contributed by atoms with E-state index in [0.29, 0.717) is 6.61 Å². The van der Waals surface area contributed by atoms with E-state index >= 15 is 0 Å². The lowest BCUT2D eigenvalue weighted by atomic mass is 10.2. The van der Waals surface area contributed by atoms with Gasteiger partial charge in [-0.25, -0.2) is 4.79 Å². The molecule has 0 fully saturated rings. The molecule has 0 saturated carbocycles. The molecule has 0 aliphatic rings. The van der Waals surface area contributed by atoms with Crippen molar-refractivity contribution in [2.75, 3.05) is 6.61 Å². The second-order valence-corrected chi connectivity index (χ2v) is 5.69. The predicted octanol–water partition coefficient (Wildman–Crippen LogP) is 3.50. The van der Waals surface area contributed by atoms with Crippen LogP contribution >= 0.6 is 27.3 Å². The van der Waals surface area contributed by atoms with Gasteiger partial charge in [0.05, 0.1) is 6.61 Å². The van der Waals surface area contributed by atoms with Crippen LogP contribution in [0.15, 0.2) is 15.9 Å². The van der Waals surface area contributed by atoms with Gasteiger partial charge < -0.3 is 4.74 Å². The molecule has 2 unspecified atom stereocenters. The number of thiophene rings is 1. The monoisotopic (exact) mass is 319 g/mol. The van der Waals surface area contributed by atoms with Gasteiger partial charge in [0.1, 0.15) is 6.04 Å². The SMILES string of the molecule is CCOC(=O)C(NC(C)CC)c1cc(Br)cs1. The topological polar surface area (TPSA) is 38.3 Å². The molecule has 2 atom stereocenters. The van der Waals surface area contributed by atoms with Crippen molar-refractivity contribution in [2.24, 2.45) is 0 Å². The number of carbonyl (C=O) groups is 1. The van der Waals surface area contributed by atoms with E-state index in [0.717, 1.165) is 15.8 Å². The second-order valence-electron chi connectivity index (χ2n) is 3.83. The number of ether oxygens (including phenoxy) is 1. The first-order valence-electron chi connectivity index (χ1n) is 5.75. The molecule has 3 nitrogen and oxygen atoms in total. The average Bonchev–Trinajstić information content (AvgIpc) is 2.72. The Kier molecular flexibility index (Phi) is 6.16. The fraction of sp³-hybridized carbons (Fsp3) is 0.583. The van der Waals surface area contributed by atoms with E-state index in [4.69, 9.17) is 4.74 Å². The second kappa shape index (κ2) is 7.13. The lowest BCUT2D eigenvalue weighted by molar-refractivity contribution is -0.146. The maximum absolute atomic E-state index is 11.9. The Hall–Kier alpha value is -0.390. The Morgan fingerprint density at radius 1 is 1.59 bits per heavy atom. The van der Waals surface area contributed by atoms with Gasteiger partial charge in [0.2, 0.25) is 0 Å². The van der Waals surface area contributed by atoms with Crippen LogP contribution in [0, 0.1) is 0 Å². The summed E-state index contributed by atoms with van der Waals surface area (Å²) >= 11 is 4.96. The van der Waals surface area contributed by atoms with Gasteiger partial charge in [-0.3, -0.25) is 5.32 Å². The molecule has 0 bridgehead atoms. The highest BCUT2D eigenvalue weighted by molar-refractivity contribution is 9.10. The highest BCUT2D eigenvalue weighted by Crippen LogP contribution is 2.27. The van der Waals surface area contributed by atoms with Crippen LogP contribution in [0.5, 0.6) is 0 Å². The highest BCUT2D eigenvalue weighted by Gasteiger charge is 2.24. The first-order valence-corrected chi connectivity index (χ1v) is 7.42. The van der Waals surface area contributed by atoms with E-state index in [2.05, 4.69) is 35.1 Å². The van der Waals surface area contributed by atoms with Crippen LogP contribution < -0.4 is 5.32 Å². The molecule has 17 heavy (non-hydrogen) atoms. The van der Waals surface area contributed by atoms with Gasteiger partial charge in [0.25, 0.3) is 0 Å². The number of esters is 1. The molecule has 1 N–H and O–H groups in total. The maximum atomic E-state index is 11.9. The number of carbonyl (C=O) groups excluding carboxylic acids is 1. The first-order chi connectivity index (χ1) is 8.08. The van der Waals surface area contributed by atoms with Crippen molar-refractivity contribution in [2.45, 2.75) is 39.3 Å². The summed E-state index contributed by atoms with van der Waals surface area (Å²) < 4.78 is 6.10. The summed E-state index contributed by atoms with van der Waals surface area (Å²) in [7, 11) is 0. The fourth-order valence-electron chi connectivity index (χ4n) is 1.37. The summed E-state index contributed by atoms with van der Waals surface area (Å²) in [6.45, 7) is 6.38. The molecule has 1 heterocycles. The lowest BCUT2D eigenvalue weighted by Crippen LogP contribution is -2.35. The molecular formula is C12H18BrNO2S.